The Bertz CT molecular complexity index is 1280. The highest BCUT2D eigenvalue weighted by Crippen LogP contribution is 2.39. The predicted molar refractivity (Wildman–Crippen MR) is 125 cm³/mol. The van der Waals surface area contributed by atoms with Gasteiger partial charge in [-0.15, -0.1) is 0 Å². The average molecular weight is 553 g/mol. The lowest BCUT2D eigenvalue weighted by molar-refractivity contribution is -0.644. The van der Waals surface area contributed by atoms with Crippen LogP contribution in [-0.4, -0.2) is 20.2 Å². The van der Waals surface area contributed by atoms with E-state index in [-0.39, 0.29) is 29.7 Å². The number of hydrogen-bond acceptors (Lipinski definition) is 4. The van der Waals surface area contributed by atoms with Crippen molar-refractivity contribution in [1.82, 2.24) is 0 Å². The molecule has 0 spiro atoms. The first-order chi connectivity index (χ1) is 15.6. The normalized spacial score (nSPS) is 10.6. The molecule has 6 heteroatoms. The van der Waals surface area contributed by atoms with Crippen molar-refractivity contribution in [3.63, 3.8) is 0 Å². The zero-order valence-corrected chi connectivity index (χ0v) is 20.8. The number of halogens is 1. The Hall–Kier alpha value is -3.39. The van der Waals surface area contributed by atoms with Crippen molar-refractivity contribution in [2.75, 3.05) is 14.2 Å². The number of aryl methyl sites for hydroxylation is 1. The molecule has 0 saturated carbocycles. The summed E-state index contributed by atoms with van der Waals surface area (Å²) in [4.78, 5) is 12.5. The quantitative estimate of drug-likeness (QED) is 0.159. The molecule has 0 unspecified atom stereocenters. The molecule has 3 aromatic carbocycles. The van der Waals surface area contributed by atoms with E-state index in [4.69, 9.17) is 14.2 Å². The van der Waals surface area contributed by atoms with Gasteiger partial charge in [-0.3, -0.25) is 0 Å². The summed E-state index contributed by atoms with van der Waals surface area (Å²) in [6, 6.07) is 22.8. The maximum absolute atomic E-state index is 12.5. The number of rotatable bonds is 6. The summed E-state index contributed by atoms with van der Waals surface area (Å²) in [5, 5.41) is 1.15. The second kappa shape index (κ2) is 11.0. The summed E-state index contributed by atoms with van der Waals surface area (Å²) >= 11 is 0. The molecule has 4 aromatic rings. The molecule has 1 aromatic heterocycles. The molecule has 1 heterocycles. The van der Waals surface area contributed by atoms with Crippen LogP contribution in [-0.2, 0) is 7.05 Å². The number of pyridine rings is 1. The topological polar surface area (TPSA) is 48.6 Å². The fraction of sp³-hybridized carbons (Fsp3) is 0.111. The standard InChI is InChI=1S/C27H24NO4.HI/c1-28-16-15-20(22-11-7-8-12-23(22)28)14-13-19-17-24(30-2)26(25(18-19)31-3)32-27(29)21-9-5-4-6-10-21;/h4-18H,1-3H3;1H/q+1;/p-1. The maximum Gasteiger partial charge on any atom is 0.343 e. The number of aromatic nitrogens is 1. The molecule has 0 saturated heterocycles. The van der Waals surface area contributed by atoms with E-state index in [2.05, 4.69) is 22.8 Å². The monoisotopic (exact) mass is 553 g/mol. The number of ether oxygens (including phenoxy) is 3. The van der Waals surface area contributed by atoms with Crippen LogP contribution < -0.4 is 42.8 Å². The van der Waals surface area contributed by atoms with Crippen LogP contribution in [0.5, 0.6) is 17.2 Å². The Balaban J connectivity index is 0.00000306. The average Bonchev–Trinajstić information content (AvgIpc) is 2.84. The molecule has 0 amide bonds. The van der Waals surface area contributed by atoms with E-state index in [1.165, 1.54) is 14.2 Å². The van der Waals surface area contributed by atoms with Crippen LogP contribution in [0, 0.1) is 0 Å². The molecule has 0 N–H and O–H groups in total. The van der Waals surface area contributed by atoms with Crippen LogP contribution in [0.3, 0.4) is 0 Å². The van der Waals surface area contributed by atoms with E-state index in [9.17, 15) is 4.79 Å². The number of hydrogen-bond donors (Lipinski definition) is 0. The Labute approximate surface area is 210 Å². The molecule has 0 aliphatic heterocycles. The van der Waals surface area contributed by atoms with Gasteiger partial charge in [0.1, 0.15) is 7.05 Å². The Morgan fingerprint density at radius 1 is 0.848 bits per heavy atom. The molecule has 0 atom stereocenters. The molecule has 0 bridgehead atoms. The largest absolute Gasteiger partial charge is 1.00 e. The second-order valence-electron chi connectivity index (χ2n) is 7.24. The first-order valence-electron chi connectivity index (χ1n) is 10.2. The van der Waals surface area contributed by atoms with Gasteiger partial charge in [-0.05, 0) is 41.5 Å². The van der Waals surface area contributed by atoms with Gasteiger partial charge < -0.3 is 38.2 Å². The number of fused-ring (bicyclic) bond motifs is 1. The zero-order valence-electron chi connectivity index (χ0n) is 18.6. The maximum atomic E-state index is 12.5. The molecule has 4 rings (SSSR count). The van der Waals surface area contributed by atoms with Gasteiger partial charge in [-0.1, -0.05) is 42.5 Å². The van der Waals surface area contributed by atoms with Gasteiger partial charge in [0.25, 0.3) is 0 Å². The van der Waals surface area contributed by atoms with Crippen molar-refractivity contribution in [3.8, 4) is 17.2 Å². The van der Waals surface area contributed by atoms with E-state index >= 15 is 0 Å². The number of benzene rings is 3. The van der Waals surface area contributed by atoms with Gasteiger partial charge in [0.15, 0.2) is 17.7 Å². The van der Waals surface area contributed by atoms with E-state index in [1.54, 1.807) is 24.3 Å². The van der Waals surface area contributed by atoms with E-state index in [1.807, 2.05) is 55.7 Å². The Kier molecular flexibility index (Phi) is 8.06. The summed E-state index contributed by atoms with van der Waals surface area (Å²) in [6.07, 6.45) is 6.07. The zero-order chi connectivity index (χ0) is 22.5. The van der Waals surface area contributed by atoms with Crippen molar-refractivity contribution in [2.24, 2.45) is 7.05 Å². The summed E-state index contributed by atoms with van der Waals surface area (Å²) in [7, 11) is 5.10. The van der Waals surface area contributed by atoms with Crippen LogP contribution in [0.2, 0.25) is 0 Å². The van der Waals surface area contributed by atoms with Crippen molar-refractivity contribution < 1.29 is 47.5 Å². The third-order valence-corrected chi connectivity index (χ3v) is 5.22. The smallest absolute Gasteiger partial charge is 0.343 e. The molecule has 168 valence electrons. The summed E-state index contributed by atoms with van der Waals surface area (Å²) < 4.78 is 18.7. The van der Waals surface area contributed by atoms with Gasteiger partial charge in [0, 0.05) is 12.1 Å². The number of esters is 1. The third kappa shape index (κ3) is 5.34. The minimum atomic E-state index is -0.478. The summed E-state index contributed by atoms with van der Waals surface area (Å²) in [5.41, 5.74) is 3.55. The lowest BCUT2D eigenvalue weighted by Crippen LogP contribution is -3.00. The van der Waals surface area contributed by atoms with Gasteiger partial charge in [-0.2, -0.15) is 0 Å². The molecule has 0 aliphatic carbocycles. The molecule has 0 fully saturated rings. The van der Waals surface area contributed by atoms with Gasteiger partial charge >= 0.3 is 5.97 Å². The molecular formula is C27H24INO4. The highest BCUT2D eigenvalue weighted by atomic mass is 127. The van der Waals surface area contributed by atoms with Crippen LogP contribution in [0.15, 0.2) is 79.0 Å². The van der Waals surface area contributed by atoms with Crippen molar-refractivity contribution >= 4 is 29.0 Å². The first-order valence-corrected chi connectivity index (χ1v) is 10.2. The predicted octanol–water partition coefficient (Wildman–Crippen LogP) is 2.08. The van der Waals surface area contributed by atoms with E-state index in [0.29, 0.717) is 17.1 Å². The Morgan fingerprint density at radius 3 is 2.15 bits per heavy atom. The van der Waals surface area contributed by atoms with Crippen LogP contribution in [0.25, 0.3) is 23.1 Å². The summed E-state index contributed by atoms with van der Waals surface area (Å²) in [5.74, 6) is 0.600. The molecule has 0 radical (unpaired) electrons. The number of carbonyl (C=O) groups is 1. The number of para-hydroxylation sites is 1. The fourth-order valence-electron chi connectivity index (χ4n) is 3.54. The molecule has 33 heavy (non-hydrogen) atoms. The van der Waals surface area contributed by atoms with E-state index < -0.39 is 5.97 Å². The fourth-order valence-corrected chi connectivity index (χ4v) is 3.54. The SMILES string of the molecule is COc1cc(C=Cc2cc[n+](C)c3ccccc23)cc(OC)c1OC(=O)c1ccccc1.[I-]. The first kappa shape index (κ1) is 24.3. The highest BCUT2D eigenvalue weighted by Gasteiger charge is 2.18. The molecule has 0 aliphatic rings. The van der Waals surface area contributed by atoms with Gasteiger partial charge in [-0.25, -0.2) is 9.36 Å². The lowest BCUT2D eigenvalue weighted by atomic mass is 10.1. The number of nitrogens with zero attached hydrogens (tertiary/aromatic N) is 1. The van der Waals surface area contributed by atoms with Gasteiger partial charge in [0.05, 0.1) is 25.2 Å². The van der Waals surface area contributed by atoms with E-state index in [0.717, 1.165) is 22.0 Å². The third-order valence-electron chi connectivity index (χ3n) is 5.22. The van der Waals surface area contributed by atoms with Gasteiger partial charge in [0.2, 0.25) is 11.3 Å². The van der Waals surface area contributed by atoms with Crippen LogP contribution in [0.1, 0.15) is 21.5 Å². The van der Waals surface area contributed by atoms with Crippen LogP contribution >= 0.6 is 0 Å². The molecule has 5 nitrogen and oxygen atoms in total. The van der Waals surface area contributed by atoms with Crippen LogP contribution in [0.4, 0.5) is 0 Å². The lowest BCUT2D eigenvalue weighted by Gasteiger charge is -2.14. The minimum Gasteiger partial charge on any atom is -1.00 e. The van der Waals surface area contributed by atoms with Crippen molar-refractivity contribution in [2.45, 2.75) is 0 Å². The minimum absolute atomic E-state index is 0. The highest BCUT2D eigenvalue weighted by molar-refractivity contribution is 5.92. The second-order valence-corrected chi connectivity index (χ2v) is 7.24. The summed E-state index contributed by atoms with van der Waals surface area (Å²) in [6.45, 7) is 0. The Morgan fingerprint density at radius 2 is 1.48 bits per heavy atom. The molecular weight excluding hydrogens is 529 g/mol. The van der Waals surface area contributed by atoms with Crippen molar-refractivity contribution in [3.05, 3.63) is 95.7 Å². The number of methoxy groups -OCH3 is 2. The number of carbonyl (C=O) groups excluding carboxylic acids is 1. The van der Waals surface area contributed by atoms with Crippen molar-refractivity contribution in [1.29, 1.82) is 0 Å².